The average molecular weight is 291 g/mol. The van der Waals surface area contributed by atoms with Crippen molar-refractivity contribution in [1.82, 2.24) is 4.90 Å². The van der Waals surface area contributed by atoms with Crippen molar-refractivity contribution in [2.24, 2.45) is 5.41 Å². The number of amides is 1. The third-order valence-electron chi connectivity index (χ3n) is 4.00. The van der Waals surface area contributed by atoms with Crippen molar-refractivity contribution in [2.75, 3.05) is 14.2 Å². The number of ether oxygens (including phenoxy) is 2. The van der Waals surface area contributed by atoms with Crippen LogP contribution in [0.25, 0.3) is 0 Å². The predicted octanol–water partition coefficient (Wildman–Crippen LogP) is 3.02. The summed E-state index contributed by atoms with van der Waals surface area (Å²) < 4.78 is 10.7. The summed E-state index contributed by atoms with van der Waals surface area (Å²) in [7, 11) is 3.28. The topological polar surface area (TPSA) is 38.8 Å². The highest BCUT2D eigenvalue weighted by molar-refractivity contribution is 5.82. The largest absolute Gasteiger partial charge is 0.493 e. The Balaban J connectivity index is 2.36. The van der Waals surface area contributed by atoms with Gasteiger partial charge in [-0.2, -0.15) is 0 Å². The second-order valence-electron chi connectivity index (χ2n) is 6.71. The maximum atomic E-state index is 12.6. The van der Waals surface area contributed by atoms with Crippen LogP contribution in [0.3, 0.4) is 0 Å². The zero-order valence-electron chi connectivity index (χ0n) is 13.8. The Bertz CT molecular complexity index is 546. The molecule has 4 heteroatoms. The van der Waals surface area contributed by atoms with Gasteiger partial charge >= 0.3 is 0 Å². The summed E-state index contributed by atoms with van der Waals surface area (Å²) in [5.41, 5.74) is 2.02. The first-order chi connectivity index (χ1) is 9.77. The van der Waals surface area contributed by atoms with Crippen molar-refractivity contribution in [3.8, 4) is 11.5 Å². The Kier molecular flexibility index (Phi) is 4.17. The number of rotatable bonds is 2. The minimum atomic E-state index is -0.359. The highest BCUT2D eigenvalue weighted by atomic mass is 16.5. The van der Waals surface area contributed by atoms with Crippen LogP contribution in [0.4, 0.5) is 0 Å². The van der Waals surface area contributed by atoms with Crippen molar-refractivity contribution < 1.29 is 14.3 Å². The molecule has 1 atom stereocenters. The van der Waals surface area contributed by atoms with Gasteiger partial charge < -0.3 is 14.4 Å². The van der Waals surface area contributed by atoms with Crippen LogP contribution in [-0.4, -0.2) is 31.1 Å². The molecule has 1 aromatic rings. The van der Waals surface area contributed by atoms with Crippen LogP contribution in [0.5, 0.6) is 11.5 Å². The van der Waals surface area contributed by atoms with Crippen molar-refractivity contribution in [3.05, 3.63) is 23.3 Å². The number of nitrogens with zero attached hydrogens (tertiary/aromatic N) is 1. The monoisotopic (exact) mass is 291 g/mol. The van der Waals surface area contributed by atoms with Crippen molar-refractivity contribution in [3.63, 3.8) is 0 Å². The number of carbonyl (C=O) groups is 1. The van der Waals surface area contributed by atoms with Gasteiger partial charge in [-0.15, -0.1) is 0 Å². The van der Waals surface area contributed by atoms with Crippen LogP contribution in [0, 0.1) is 5.41 Å². The van der Waals surface area contributed by atoms with Crippen LogP contribution in [0.15, 0.2) is 12.1 Å². The standard InChI is InChI=1S/C17H25NO3/c1-11-7-12-8-14(20-5)15(21-6)9-13(12)10-18(11)16(19)17(2,3)4/h8-9,11H,7,10H2,1-6H3. The molecule has 1 amide bonds. The summed E-state index contributed by atoms with van der Waals surface area (Å²) in [6.07, 6.45) is 0.845. The molecular weight excluding hydrogens is 266 g/mol. The molecule has 0 radical (unpaired) electrons. The van der Waals surface area contributed by atoms with E-state index in [4.69, 9.17) is 9.47 Å². The molecule has 4 nitrogen and oxygen atoms in total. The summed E-state index contributed by atoms with van der Waals surface area (Å²) in [6, 6.07) is 4.22. The summed E-state index contributed by atoms with van der Waals surface area (Å²) >= 11 is 0. The van der Waals surface area contributed by atoms with Crippen LogP contribution in [-0.2, 0) is 17.8 Å². The lowest BCUT2D eigenvalue weighted by Crippen LogP contribution is -2.47. The summed E-state index contributed by atoms with van der Waals surface area (Å²) in [5, 5.41) is 0. The van der Waals surface area contributed by atoms with E-state index < -0.39 is 0 Å². The predicted molar refractivity (Wildman–Crippen MR) is 82.7 cm³/mol. The molecule has 0 aromatic heterocycles. The number of fused-ring (bicyclic) bond motifs is 1. The van der Waals surface area contributed by atoms with Gasteiger partial charge in [-0.25, -0.2) is 0 Å². The van der Waals surface area contributed by atoms with E-state index in [1.165, 1.54) is 5.56 Å². The minimum Gasteiger partial charge on any atom is -0.493 e. The number of benzene rings is 1. The molecule has 21 heavy (non-hydrogen) atoms. The quantitative estimate of drug-likeness (QED) is 0.840. The van der Waals surface area contributed by atoms with E-state index in [-0.39, 0.29) is 17.4 Å². The molecule has 0 saturated carbocycles. The van der Waals surface area contributed by atoms with E-state index in [0.29, 0.717) is 12.3 Å². The lowest BCUT2D eigenvalue weighted by molar-refractivity contribution is -0.142. The Morgan fingerprint density at radius 1 is 1.14 bits per heavy atom. The zero-order valence-corrected chi connectivity index (χ0v) is 13.8. The number of carbonyl (C=O) groups excluding carboxylic acids is 1. The summed E-state index contributed by atoms with van der Waals surface area (Å²) in [6.45, 7) is 8.63. The lowest BCUT2D eigenvalue weighted by atomic mass is 9.89. The SMILES string of the molecule is COc1cc2c(cc1OC)CN(C(=O)C(C)(C)C)C(C)C2. The molecule has 1 unspecified atom stereocenters. The van der Waals surface area contributed by atoms with Gasteiger partial charge in [0.05, 0.1) is 14.2 Å². The highest BCUT2D eigenvalue weighted by Crippen LogP contribution is 2.35. The first-order valence-corrected chi connectivity index (χ1v) is 7.32. The maximum absolute atomic E-state index is 12.6. The van der Waals surface area contributed by atoms with Crippen molar-refractivity contribution in [1.29, 1.82) is 0 Å². The van der Waals surface area contributed by atoms with Crippen LogP contribution in [0.2, 0.25) is 0 Å². The molecule has 1 aliphatic rings. The molecule has 116 valence electrons. The van der Waals surface area contributed by atoms with E-state index in [9.17, 15) is 4.79 Å². The molecule has 1 heterocycles. The third kappa shape index (κ3) is 2.99. The minimum absolute atomic E-state index is 0.190. The number of hydrogen-bond donors (Lipinski definition) is 0. The van der Waals surface area contributed by atoms with Gasteiger partial charge in [-0.3, -0.25) is 4.79 Å². The van der Waals surface area contributed by atoms with Crippen LogP contribution in [0.1, 0.15) is 38.8 Å². The van der Waals surface area contributed by atoms with Gasteiger partial charge in [-0.1, -0.05) is 20.8 Å². The molecule has 1 aliphatic heterocycles. The Morgan fingerprint density at radius 3 is 2.14 bits per heavy atom. The average Bonchev–Trinajstić information content (AvgIpc) is 2.43. The molecule has 2 rings (SSSR count). The highest BCUT2D eigenvalue weighted by Gasteiger charge is 2.33. The first kappa shape index (κ1) is 15.7. The molecular formula is C17H25NO3. The van der Waals surface area contributed by atoms with E-state index in [2.05, 4.69) is 6.92 Å². The van der Waals surface area contributed by atoms with Crippen molar-refractivity contribution >= 4 is 5.91 Å². The Morgan fingerprint density at radius 2 is 1.67 bits per heavy atom. The fourth-order valence-electron chi connectivity index (χ4n) is 2.77. The molecule has 0 spiro atoms. The second-order valence-corrected chi connectivity index (χ2v) is 6.71. The molecule has 0 aliphatic carbocycles. The Labute approximate surface area is 127 Å². The fourth-order valence-corrected chi connectivity index (χ4v) is 2.77. The molecule has 1 aromatic carbocycles. The van der Waals surface area contributed by atoms with E-state index in [0.717, 1.165) is 17.7 Å². The lowest BCUT2D eigenvalue weighted by Gasteiger charge is -2.38. The van der Waals surface area contributed by atoms with E-state index in [1.807, 2.05) is 37.8 Å². The normalized spacial score (nSPS) is 18.2. The maximum Gasteiger partial charge on any atom is 0.228 e. The Hall–Kier alpha value is -1.71. The van der Waals surface area contributed by atoms with Crippen LogP contribution >= 0.6 is 0 Å². The van der Waals surface area contributed by atoms with E-state index >= 15 is 0 Å². The van der Waals surface area contributed by atoms with Gasteiger partial charge in [0, 0.05) is 18.0 Å². The third-order valence-corrected chi connectivity index (χ3v) is 4.00. The summed E-state index contributed by atoms with van der Waals surface area (Å²) in [5.74, 6) is 1.66. The van der Waals surface area contributed by atoms with Gasteiger partial charge in [-0.05, 0) is 36.6 Å². The smallest absolute Gasteiger partial charge is 0.228 e. The number of hydrogen-bond acceptors (Lipinski definition) is 3. The first-order valence-electron chi connectivity index (χ1n) is 7.32. The zero-order chi connectivity index (χ0) is 15.8. The molecule has 0 fully saturated rings. The molecule has 0 saturated heterocycles. The van der Waals surface area contributed by atoms with Gasteiger partial charge in [0.2, 0.25) is 5.91 Å². The number of methoxy groups -OCH3 is 2. The molecule has 0 bridgehead atoms. The van der Waals surface area contributed by atoms with Gasteiger partial charge in [0.1, 0.15) is 0 Å². The summed E-state index contributed by atoms with van der Waals surface area (Å²) in [4.78, 5) is 14.6. The van der Waals surface area contributed by atoms with Crippen molar-refractivity contribution in [2.45, 2.75) is 46.7 Å². The fraction of sp³-hybridized carbons (Fsp3) is 0.588. The second kappa shape index (κ2) is 5.58. The van der Waals surface area contributed by atoms with Crippen LogP contribution < -0.4 is 9.47 Å². The molecule has 0 N–H and O–H groups in total. The van der Waals surface area contributed by atoms with E-state index in [1.54, 1.807) is 14.2 Å². The van der Waals surface area contributed by atoms with Gasteiger partial charge in [0.25, 0.3) is 0 Å². The van der Waals surface area contributed by atoms with Gasteiger partial charge in [0.15, 0.2) is 11.5 Å².